The molecule has 1 radical (unpaired) electrons. The van der Waals surface area contributed by atoms with Crippen LogP contribution in [0.1, 0.15) is 0 Å². The SMILES string of the molecule is COc1ccc([Si-]c2ccc(OC)cc2OC)c(OC)c1. The maximum absolute atomic E-state index is 5.44. The monoisotopic (exact) mass is 302 g/mol. The van der Waals surface area contributed by atoms with Crippen molar-refractivity contribution < 1.29 is 18.9 Å². The van der Waals surface area contributed by atoms with Crippen LogP contribution in [-0.4, -0.2) is 38.0 Å². The van der Waals surface area contributed by atoms with Gasteiger partial charge in [0.2, 0.25) is 0 Å². The Labute approximate surface area is 127 Å². The molecular weight excluding hydrogens is 284 g/mol. The largest absolute Gasteiger partial charge is 0.500 e. The van der Waals surface area contributed by atoms with Crippen molar-refractivity contribution in [2.24, 2.45) is 0 Å². The lowest BCUT2D eigenvalue weighted by Crippen LogP contribution is -2.29. The molecular formula is C16H18O4Si-. The lowest BCUT2D eigenvalue weighted by molar-refractivity contribution is 0.396. The van der Waals surface area contributed by atoms with E-state index >= 15 is 0 Å². The molecule has 0 unspecified atom stereocenters. The highest BCUT2D eigenvalue weighted by molar-refractivity contribution is 6.69. The highest BCUT2D eigenvalue weighted by atomic mass is 28.2. The van der Waals surface area contributed by atoms with E-state index in [9.17, 15) is 0 Å². The number of hydrogen-bond donors (Lipinski definition) is 0. The zero-order valence-electron chi connectivity index (χ0n) is 12.6. The fraction of sp³-hybridized carbons (Fsp3) is 0.250. The minimum absolute atomic E-state index is 0.422. The molecule has 0 heterocycles. The maximum atomic E-state index is 5.44. The fourth-order valence-electron chi connectivity index (χ4n) is 1.95. The fourth-order valence-corrected chi connectivity index (χ4v) is 3.17. The zero-order chi connectivity index (χ0) is 15.2. The van der Waals surface area contributed by atoms with Gasteiger partial charge in [-0.05, 0) is 12.1 Å². The van der Waals surface area contributed by atoms with Gasteiger partial charge in [-0.2, -0.15) is 10.4 Å². The van der Waals surface area contributed by atoms with Crippen molar-refractivity contribution in [1.29, 1.82) is 0 Å². The molecule has 2 rings (SSSR count). The molecule has 2 aromatic carbocycles. The molecule has 0 spiro atoms. The first-order valence-corrected chi connectivity index (χ1v) is 7.43. The Morgan fingerprint density at radius 2 is 1.05 bits per heavy atom. The highest BCUT2D eigenvalue weighted by Gasteiger charge is 2.01. The van der Waals surface area contributed by atoms with Crippen LogP contribution in [0, 0.1) is 0 Å². The summed E-state index contributed by atoms with van der Waals surface area (Å²) in [4.78, 5) is 0. The number of methoxy groups -OCH3 is 4. The van der Waals surface area contributed by atoms with E-state index in [1.807, 2.05) is 36.4 Å². The first kappa shape index (κ1) is 15.2. The molecule has 111 valence electrons. The number of rotatable bonds is 6. The molecule has 0 bridgehead atoms. The molecule has 0 atom stereocenters. The minimum atomic E-state index is 0.422. The Morgan fingerprint density at radius 3 is 1.38 bits per heavy atom. The van der Waals surface area contributed by atoms with E-state index in [0.29, 0.717) is 9.52 Å². The van der Waals surface area contributed by atoms with Crippen LogP contribution in [0.15, 0.2) is 36.4 Å². The van der Waals surface area contributed by atoms with Gasteiger partial charge in [0, 0.05) is 12.1 Å². The van der Waals surface area contributed by atoms with E-state index in [1.165, 1.54) is 0 Å². The van der Waals surface area contributed by atoms with Crippen molar-refractivity contribution in [3.8, 4) is 23.0 Å². The van der Waals surface area contributed by atoms with Crippen LogP contribution in [0.3, 0.4) is 0 Å². The van der Waals surface area contributed by atoms with E-state index in [1.54, 1.807) is 28.4 Å². The van der Waals surface area contributed by atoms with Crippen molar-refractivity contribution in [2.75, 3.05) is 28.4 Å². The molecule has 5 heteroatoms. The van der Waals surface area contributed by atoms with E-state index in [4.69, 9.17) is 18.9 Å². The average molecular weight is 302 g/mol. The number of benzene rings is 2. The van der Waals surface area contributed by atoms with Crippen molar-refractivity contribution >= 4 is 19.9 Å². The Balaban J connectivity index is 2.33. The van der Waals surface area contributed by atoms with Crippen LogP contribution in [-0.2, 0) is 0 Å². The third-order valence-corrected chi connectivity index (χ3v) is 4.45. The summed E-state index contributed by atoms with van der Waals surface area (Å²) in [6.07, 6.45) is 0. The molecule has 0 fully saturated rings. The van der Waals surface area contributed by atoms with Gasteiger partial charge < -0.3 is 28.5 Å². The van der Waals surface area contributed by atoms with Crippen molar-refractivity contribution in [2.45, 2.75) is 0 Å². The van der Waals surface area contributed by atoms with E-state index < -0.39 is 0 Å². The lowest BCUT2D eigenvalue weighted by atomic mass is 10.3. The smallest absolute Gasteiger partial charge is 0.122 e. The first-order valence-electron chi connectivity index (χ1n) is 6.43. The lowest BCUT2D eigenvalue weighted by Gasteiger charge is -2.25. The summed E-state index contributed by atoms with van der Waals surface area (Å²) in [5, 5.41) is 2.20. The molecule has 0 aromatic heterocycles. The Morgan fingerprint density at radius 1 is 0.619 bits per heavy atom. The summed E-state index contributed by atoms with van der Waals surface area (Å²) in [7, 11) is 7.03. The molecule has 0 amide bonds. The van der Waals surface area contributed by atoms with Gasteiger partial charge in [0.15, 0.2) is 0 Å². The quantitative estimate of drug-likeness (QED) is 0.756. The maximum Gasteiger partial charge on any atom is 0.122 e. The third-order valence-electron chi connectivity index (χ3n) is 3.09. The molecule has 0 aliphatic carbocycles. The zero-order valence-corrected chi connectivity index (χ0v) is 13.6. The first-order chi connectivity index (χ1) is 10.2. The Kier molecular flexibility index (Phi) is 5.11. The van der Waals surface area contributed by atoms with Crippen LogP contribution in [0.4, 0.5) is 0 Å². The summed E-state index contributed by atoms with van der Waals surface area (Å²) in [6, 6.07) is 11.7. The second kappa shape index (κ2) is 7.03. The Bertz CT molecular complexity index is 560. The van der Waals surface area contributed by atoms with E-state index in [-0.39, 0.29) is 0 Å². The van der Waals surface area contributed by atoms with Gasteiger partial charge >= 0.3 is 0 Å². The van der Waals surface area contributed by atoms with Crippen molar-refractivity contribution in [3.05, 3.63) is 36.4 Å². The summed E-state index contributed by atoms with van der Waals surface area (Å²) in [6.45, 7) is 0. The Hall–Kier alpha value is -2.14. The molecule has 21 heavy (non-hydrogen) atoms. The van der Waals surface area contributed by atoms with Gasteiger partial charge in [0.1, 0.15) is 11.5 Å². The third kappa shape index (κ3) is 3.49. The molecule has 0 saturated heterocycles. The predicted molar refractivity (Wildman–Crippen MR) is 84.1 cm³/mol. The van der Waals surface area contributed by atoms with Gasteiger partial charge in [0.25, 0.3) is 0 Å². The van der Waals surface area contributed by atoms with Gasteiger partial charge in [-0.3, -0.25) is 0 Å². The summed E-state index contributed by atoms with van der Waals surface area (Å²) in [5.41, 5.74) is 0. The van der Waals surface area contributed by atoms with E-state index in [0.717, 1.165) is 33.4 Å². The highest BCUT2D eigenvalue weighted by Crippen LogP contribution is 2.19. The second-order valence-electron chi connectivity index (χ2n) is 4.26. The van der Waals surface area contributed by atoms with Crippen LogP contribution >= 0.6 is 0 Å². The minimum Gasteiger partial charge on any atom is -0.500 e. The van der Waals surface area contributed by atoms with Crippen molar-refractivity contribution in [3.63, 3.8) is 0 Å². The molecule has 0 N–H and O–H groups in total. The normalized spacial score (nSPS) is 9.90. The van der Waals surface area contributed by atoms with Crippen LogP contribution in [0.2, 0.25) is 0 Å². The summed E-state index contributed by atoms with van der Waals surface area (Å²) >= 11 is 0. The molecule has 4 nitrogen and oxygen atoms in total. The van der Waals surface area contributed by atoms with E-state index in [2.05, 4.69) is 0 Å². The standard InChI is InChI=1S/C16H18O4Si/c1-17-11-5-7-15(13(9-11)19-3)21-16-8-6-12(18-2)10-14(16)20-4/h5-10H,1-4H3/q-1. The van der Waals surface area contributed by atoms with Crippen molar-refractivity contribution in [1.82, 2.24) is 0 Å². The summed E-state index contributed by atoms with van der Waals surface area (Å²) in [5.74, 6) is 3.18. The molecule has 2 aromatic rings. The molecule has 0 aliphatic heterocycles. The van der Waals surface area contributed by atoms with Crippen LogP contribution in [0.25, 0.3) is 0 Å². The second-order valence-corrected chi connectivity index (χ2v) is 5.58. The topological polar surface area (TPSA) is 36.9 Å². The van der Waals surface area contributed by atoms with Crippen LogP contribution < -0.4 is 29.3 Å². The number of hydrogen-bond acceptors (Lipinski definition) is 4. The van der Waals surface area contributed by atoms with Gasteiger partial charge in [0.05, 0.1) is 39.9 Å². The summed E-state index contributed by atoms with van der Waals surface area (Å²) < 4.78 is 21.3. The molecule has 0 saturated carbocycles. The number of ether oxygens (including phenoxy) is 4. The van der Waals surface area contributed by atoms with Gasteiger partial charge in [-0.1, -0.05) is 12.1 Å². The van der Waals surface area contributed by atoms with Gasteiger partial charge in [-0.15, -0.1) is 0 Å². The average Bonchev–Trinajstić information content (AvgIpc) is 2.55. The van der Waals surface area contributed by atoms with Gasteiger partial charge in [-0.25, -0.2) is 0 Å². The predicted octanol–water partition coefficient (Wildman–Crippen LogP) is 1.38. The van der Waals surface area contributed by atoms with Crippen LogP contribution in [0.5, 0.6) is 23.0 Å². The molecule has 0 aliphatic rings.